The summed E-state index contributed by atoms with van der Waals surface area (Å²) in [6.45, 7) is 2.39. The van der Waals surface area contributed by atoms with Crippen LogP contribution >= 0.6 is 23.1 Å². The summed E-state index contributed by atoms with van der Waals surface area (Å²) < 4.78 is 0.845. The van der Waals surface area contributed by atoms with Crippen molar-refractivity contribution in [3.05, 3.63) is 5.69 Å². The third-order valence-corrected chi connectivity index (χ3v) is 4.86. The van der Waals surface area contributed by atoms with Gasteiger partial charge in [0.1, 0.15) is 0 Å². The fourth-order valence-corrected chi connectivity index (χ4v) is 3.53. The van der Waals surface area contributed by atoms with Crippen molar-refractivity contribution in [1.82, 2.24) is 15.0 Å². The van der Waals surface area contributed by atoms with Crippen LogP contribution in [-0.4, -0.2) is 38.5 Å². The number of unbranched alkanes of at least 4 members (excludes halogenated alkanes) is 2. The van der Waals surface area contributed by atoms with E-state index in [0.717, 1.165) is 22.6 Å². The number of nitrogen functional groups attached to an aromatic ring is 1. The minimum absolute atomic E-state index is 0.207. The van der Waals surface area contributed by atoms with Gasteiger partial charge in [0.2, 0.25) is 0 Å². The molecular formula is C13H21N5OS2. The molecule has 8 heteroatoms. The van der Waals surface area contributed by atoms with Gasteiger partial charge >= 0.3 is 0 Å². The van der Waals surface area contributed by atoms with E-state index in [0.29, 0.717) is 22.4 Å². The largest absolute Gasteiger partial charge is 0.391 e. The molecule has 2 aromatic rings. The van der Waals surface area contributed by atoms with Crippen molar-refractivity contribution >= 4 is 38.6 Å². The molecule has 0 spiro atoms. The van der Waals surface area contributed by atoms with E-state index in [-0.39, 0.29) is 6.54 Å². The van der Waals surface area contributed by atoms with Crippen LogP contribution in [0.2, 0.25) is 0 Å². The molecule has 1 atom stereocenters. The first kappa shape index (κ1) is 16.4. The Morgan fingerprint density at radius 1 is 1.29 bits per heavy atom. The van der Waals surface area contributed by atoms with Crippen molar-refractivity contribution in [3.63, 3.8) is 0 Å². The van der Waals surface area contributed by atoms with E-state index in [1.807, 2.05) is 0 Å². The standard InChI is InChI=1S/C13H21N5OS2/c1-2-3-4-5-20-13-16-9(6-8(19)7-14)10-11(18-13)17-12(15)21-10/h8,19H,2-7,14H2,1H3,(H2,15,16,17,18). The highest BCUT2D eigenvalue weighted by Crippen LogP contribution is 2.28. The van der Waals surface area contributed by atoms with E-state index in [9.17, 15) is 5.11 Å². The van der Waals surface area contributed by atoms with E-state index < -0.39 is 6.10 Å². The summed E-state index contributed by atoms with van der Waals surface area (Å²) in [6, 6.07) is 0. The fraction of sp³-hybridized carbons (Fsp3) is 0.615. The molecule has 0 amide bonds. The second-order valence-electron chi connectivity index (χ2n) is 4.81. The van der Waals surface area contributed by atoms with Crippen LogP contribution in [0.1, 0.15) is 31.9 Å². The van der Waals surface area contributed by atoms with Crippen LogP contribution in [0, 0.1) is 0 Å². The number of anilines is 1. The first-order valence-electron chi connectivity index (χ1n) is 7.07. The van der Waals surface area contributed by atoms with Gasteiger partial charge in [0.25, 0.3) is 0 Å². The van der Waals surface area contributed by atoms with Crippen molar-refractivity contribution in [2.75, 3.05) is 18.0 Å². The lowest BCUT2D eigenvalue weighted by Gasteiger charge is -2.08. The van der Waals surface area contributed by atoms with E-state index >= 15 is 0 Å². The van der Waals surface area contributed by atoms with Gasteiger partial charge in [0, 0.05) is 18.7 Å². The van der Waals surface area contributed by atoms with Crippen molar-refractivity contribution in [2.45, 2.75) is 43.9 Å². The van der Waals surface area contributed by atoms with Crippen LogP contribution < -0.4 is 11.5 Å². The monoisotopic (exact) mass is 327 g/mol. The number of aliphatic hydroxyl groups is 1. The molecule has 0 fully saturated rings. The number of aromatic nitrogens is 3. The number of nitrogens with two attached hydrogens (primary N) is 2. The Morgan fingerprint density at radius 2 is 2.10 bits per heavy atom. The summed E-state index contributed by atoms with van der Waals surface area (Å²) in [5.74, 6) is 0.984. The molecule has 0 aliphatic heterocycles. The third kappa shape index (κ3) is 4.50. The van der Waals surface area contributed by atoms with Crippen LogP contribution in [0.25, 0.3) is 10.3 Å². The van der Waals surface area contributed by atoms with Crippen molar-refractivity contribution < 1.29 is 5.11 Å². The number of thioether (sulfide) groups is 1. The zero-order chi connectivity index (χ0) is 15.2. The fourth-order valence-electron chi connectivity index (χ4n) is 1.90. The average Bonchev–Trinajstić information content (AvgIpc) is 2.84. The Balaban J connectivity index is 2.21. The molecule has 0 aliphatic rings. The molecule has 2 rings (SSSR count). The smallest absolute Gasteiger partial charge is 0.189 e. The highest BCUT2D eigenvalue weighted by Gasteiger charge is 2.15. The molecule has 1 unspecified atom stereocenters. The molecule has 0 aliphatic carbocycles. The highest BCUT2D eigenvalue weighted by atomic mass is 32.2. The first-order valence-corrected chi connectivity index (χ1v) is 8.88. The summed E-state index contributed by atoms with van der Waals surface area (Å²) in [6.07, 6.45) is 3.33. The molecule has 0 radical (unpaired) electrons. The number of nitrogens with zero attached hydrogens (tertiary/aromatic N) is 3. The van der Waals surface area contributed by atoms with Crippen molar-refractivity contribution in [1.29, 1.82) is 0 Å². The zero-order valence-corrected chi connectivity index (χ0v) is 13.7. The van der Waals surface area contributed by atoms with Gasteiger partial charge in [-0.25, -0.2) is 15.0 Å². The Kier molecular flexibility index (Phi) is 6.16. The number of fused-ring (bicyclic) bond motifs is 1. The third-order valence-electron chi connectivity index (χ3n) is 3.00. The molecular weight excluding hydrogens is 306 g/mol. The predicted molar refractivity (Wildman–Crippen MR) is 88.6 cm³/mol. The van der Waals surface area contributed by atoms with Gasteiger partial charge in [0.05, 0.1) is 16.5 Å². The normalized spacial score (nSPS) is 12.9. The number of thiazole rings is 1. The second kappa shape index (κ2) is 7.88. The number of rotatable bonds is 8. The number of aliphatic hydroxyl groups excluding tert-OH is 1. The lowest BCUT2D eigenvalue weighted by molar-refractivity contribution is 0.182. The van der Waals surface area contributed by atoms with Crippen LogP contribution in [0.5, 0.6) is 0 Å². The molecule has 6 nitrogen and oxygen atoms in total. The maximum atomic E-state index is 9.78. The maximum absolute atomic E-state index is 9.78. The Labute approximate surface area is 132 Å². The van der Waals surface area contributed by atoms with Gasteiger partial charge in [-0.05, 0) is 6.42 Å². The number of hydrogen-bond donors (Lipinski definition) is 3. The summed E-state index contributed by atoms with van der Waals surface area (Å²) >= 11 is 2.97. The van der Waals surface area contributed by atoms with E-state index in [1.54, 1.807) is 11.8 Å². The van der Waals surface area contributed by atoms with Gasteiger partial charge in [-0.1, -0.05) is 42.9 Å². The molecule has 0 saturated heterocycles. The van der Waals surface area contributed by atoms with Crippen molar-refractivity contribution in [3.8, 4) is 0 Å². The molecule has 2 heterocycles. The molecule has 0 bridgehead atoms. The number of hydrogen-bond acceptors (Lipinski definition) is 8. The quantitative estimate of drug-likeness (QED) is 0.385. The summed E-state index contributed by atoms with van der Waals surface area (Å²) in [7, 11) is 0. The van der Waals surface area contributed by atoms with Crippen LogP contribution in [-0.2, 0) is 6.42 Å². The van der Waals surface area contributed by atoms with Crippen LogP contribution in [0.15, 0.2) is 5.16 Å². The van der Waals surface area contributed by atoms with Gasteiger partial charge < -0.3 is 16.6 Å². The molecule has 116 valence electrons. The van der Waals surface area contributed by atoms with E-state index in [2.05, 4.69) is 21.9 Å². The zero-order valence-electron chi connectivity index (χ0n) is 12.1. The SMILES string of the molecule is CCCCCSc1nc(CC(O)CN)c2sc(N)nc2n1. The average molecular weight is 327 g/mol. The van der Waals surface area contributed by atoms with Crippen molar-refractivity contribution in [2.24, 2.45) is 5.73 Å². The van der Waals surface area contributed by atoms with Gasteiger partial charge in [-0.2, -0.15) is 0 Å². The van der Waals surface area contributed by atoms with Crippen LogP contribution in [0.4, 0.5) is 5.13 Å². The van der Waals surface area contributed by atoms with Gasteiger partial charge in [0.15, 0.2) is 15.9 Å². The summed E-state index contributed by atoms with van der Waals surface area (Å²) in [5.41, 5.74) is 12.6. The Morgan fingerprint density at radius 3 is 2.81 bits per heavy atom. The molecule has 0 aromatic carbocycles. The summed E-state index contributed by atoms with van der Waals surface area (Å²) in [4.78, 5) is 13.2. The molecule has 21 heavy (non-hydrogen) atoms. The van der Waals surface area contributed by atoms with Crippen LogP contribution in [0.3, 0.4) is 0 Å². The van der Waals surface area contributed by atoms with Gasteiger partial charge in [-0.3, -0.25) is 0 Å². The minimum atomic E-state index is -0.607. The molecule has 0 saturated carbocycles. The minimum Gasteiger partial charge on any atom is -0.391 e. The van der Waals surface area contributed by atoms with E-state index in [1.165, 1.54) is 24.2 Å². The second-order valence-corrected chi connectivity index (χ2v) is 6.90. The maximum Gasteiger partial charge on any atom is 0.189 e. The predicted octanol–water partition coefficient (Wildman–Crippen LogP) is 1.81. The molecule has 5 N–H and O–H groups in total. The first-order chi connectivity index (χ1) is 10.1. The lowest BCUT2D eigenvalue weighted by Crippen LogP contribution is -2.22. The Hall–Kier alpha value is -0.960. The Bertz CT molecular complexity index is 589. The highest BCUT2D eigenvalue weighted by molar-refractivity contribution is 7.99. The van der Waals surface area contributed by atoms with E-state index in [4.69, 9.17) is 11.5 Å². The lowest BCUT2D eigenvalue weighted by atomic mass is 10.2. The summed E-state index contributed by atoms with van der Waals surface area (Å²) in [5, 5.41) is 10.9. The van der Waals surface area contributed by atoms with Gasteiger partial charge in [-0.15, -0.1) is 0 Å². The topological polar surface area (TPSA) is 111 Å². The molecule has 2 aromatic heterocycles.